The molecule has 0 amide bonds. The number of fused-ring (bicyclic) bond motifs is 4. The minimum atomic E-state index is -1.73. The number of ether oxygens (including phenoxy) is 5. The third kappa shape index (κ3) is 4.03. The van der Waals surface area contributed by atoms with E-state index in [0.717, 1.165) is 0 Å². The summed E-state index contributed by atoms with van der Waals surface area (Å²) in [6.07, 6.45) is -1.22. The number of methoxy groups -OCH3 is 1. The summed E-state index contributed by atoms with van der Waals surface area (Å²) >= 11 is 0. The molecule has 0 spiro atoms. The first-order valence-corrected chi connectivity index (χ1v) is 8.75. The Kier molecular flexibility index (Phi) is 6.02. The zero-order valence-electron chi connectivity index (χ0n) is 16.4. The molecule has 8 nitrogen and oxygen atoms in total. The third-order valence-corrected chi connectivity index (χ3v) is 4.97. The van der Waals surface area contributed by atoms with Crippen molar-refractivity contribution in [1.29, 1.82) is 0 Å². The SMILES string of the molecule is COCOCC1(O)C2CC(OC(C)(C)C)C(C)(COC2=O)C1OC(C)=O. The van der Waals surface area contributed by atoms with Gasteiger partial charge in [-0.25, -0.2) is 0 Å². The normalized spacial score (nSPS) is 37.2. The van der Waals surface area contributed by atoms with Crippen LogP contribution < -0.4 is 0 Å². The van der Waals surface area contributed by atoms with E-state index in [-0.39, 0.29) is 26.4 Å². The number of rotatable bonds is 6. The lowest BCUT2D eigenvalue weighted by atomic mass is 9.61. The van der Waals surface area contributed by atoms with Gasteiger partial charge in [0.05, 0.1) is 29.6 Å². The largest absolute Gasteiger partial charge is 0.465 e. The van der Waals surface area contributed by atoms with E-state index in [1.165, 1.54) is 14.0 Å². The van der Waals surface area contributed by atoms with Crippen LogP contribution in [0.4, 0.5) is 0 Å². The highest BCUT2D eigenvalue weighted by Crippen LogP contribution is 2.52. The van der Waals surface area contributed by atoms with E-state index in [2.05, 4.69) is 0 Å². The Morgan fingerprint density at radius 1 is 1.38 bits per heavy atom. The highest BCUT2D eigenvalue weighted by atomic mass is 16.7. The second-order valence-corrected chi connectivity index (χ2v) is 8.36. The van der Waals surface area contributed by atoms with Crippen LogP contribution in [0.2, 0.25) is 0 Å². The van der Waals surface area contributed by atoms with Crippen LogP contribution in [0.5, 0.6) is 0 Å². The Labute approximate surface area is 154 Å². The fourth-order valence-electron chi connectivity index (χ4n) is 3.88. The molecule has 8 heteroatoms. The lowest BCUT2D eigenvalue weighted by Gasteiger charge is -2.53. The summed E-state index contributed by atoms with van der Waals surface area (Å²) in [5, 5.41) is 11.4. The maximum atomic E-state index is 12.5. The van der Waals surface area contributed by atoms with Crippen molar-refractivity contribution in [3.8, 4) is 0 Å². The van der Waals surface area contributed by atoms with Gasteiger partial charge in [0, 0.05) is 14.0 Å². The molecule has 0 radical (unpaired) electrons. The number of carbonyl (C=O) groups excluding carboxylic acids is 2. The van der Waals surface area contributed by atoms with Crippen molar-refractivity contribution in [2.45, 2.75) is 64.4 Å². The van der Waals surface area contributed by atoms with E-state index in [4.69, 9.17) is 23.7 Å². The zero-order valence-corrected chi connectivity index (χ0v) is 16.4. The lowest BCUT2D eigenvalue weighted by Crippen LogP contribution is -2.68. The van der Waals surface area contributed by atoms with Gasteiger partial charge in [0.25, 0.3) is 0 Å². The predicted molar refractivity (Wildman–Crippen MR) is 90.1 cm³/mol. The molecule has 1 N–H and O–H groups in total. The molecule has 2 aliphatic heterocycles. The van der Waals surface area contributed by atoms with E-state index in [1.807, 2.05) is 20.8 Å². The van der Waals surface area contributed by atoms with Crippen molar-refractivity contribution in [2.24, 2.45) is 11.3 Å². The Balaban J connectivity index is 2.46. The molecule has 1 aliphatic carbocycles. The van der Waals surface area contributed by atoms with Gasteiger partial charge < -0.3 is 28.8 Å². The molecular formula is C18H30O8. The van der Waals surface area contributed by atoms with Crippen molar-refractivity contribution in [1.82, 2.24) is 0 Å². The van der Waals surface area contributed by atoms with Crippen molar-refractivity contribution >= 4 is 11.9 Å². The van der Waals surface area contributed by atoms with Gasteiger partial charge in [-0.05, 0) is 27.2 Å². The minimum absolute atomic E-state index is 0.0202. The van der Waals surface area contributed by atoms with Gasteiger partial charge in [-0.1, -0.05) is 6.92 Å². The van der Waals surface area contributed by atoms with Gasteiger partial charge in [-0.3, -0.25) is 9.59 Å². The predicted octanol–water partition coefficient (Wildman–Crippen LogP) is 1.04. The first kappa shape index (κ1) is 21.1. The standard InChI is InChI=1S/C18H30O8/c1-11(19)25-15-17(5)8-24-14(20)12(7-13(17)26-16(2,3)4)18(15,21)9-23-10-22-6/h12-13,15,21H,7-10H2,1-6H3. The fourth-order valence-corrected chi connectivity index (χ4v) is 3.88. The van der Waals surface area contributed by atoms with E-state index < -0.39 is 46.7 Å². The summed E-state index contributed by atoms with van der Waals surface area (Å²) in [5.74, 6) is -2.04. The van der Waals surface area contributed by atoms with Crippen LogP contribution >= 0.6 is 0 Å². The Hall–Kier alpha value is -1.22. The zero-order chi connectivity index (χ0) is 19.8. The monoisotopic (exact) mass is 374 g/mol. The second-order valence-electron chi connectivity index (χ2n) is 8.36. The fraction of sp³-hybridized carbons (Fsp3) is 0.889. The van der Waals surface area contributed by atoms with Crippen LogP contribution in [-0.4, -0.2) is 67.6 Å². The van der Waals surface area contributed by atoms with Crippen LogP contribution in [0.1, 0.15) is 41.0 Å². The van der Waals surface area contributed by atoms with Crippen LogP contribution in [0.25, 0.3) is 0 Å². The maximum absolute atomic E-state index is 12.5. The second kappa shape index (κ2) is 7.42. The summed E-state index contributed by atoms with van der Waals surface area (Å²) in [6, 6.07) is 0. The van der Waals surface area contributed by atoms with Crippen molar-refractivity contribution in [3.05, 3.63) is 0 Å². The summed E-state index contributed by atoms with van der Waals surface area (Å²) < 4.78 is 27.3. The summed E-state index contributed by atoms with van der Waals surface area (Å²) in [4.78, 5) is 24.3. The average Bonchev–Trinajstić information content (AvgIpc) is 2.66. The van der Waals surface area contributed by atoms with Crippen LogP contribution in [0.15, 0.2) is 0 Å². The van der Waals surface area contributed by atoms with Crippen LogP contribution in [-0.2, 0) is 33.3 Å². The van der Waals surface area contributed by atoms with E-state index in [9.17, 15) is 14.7 Å². The molecule has 2 saturated heterocycles. The Morgan fingerprint density at radius 3 is 2.58 bits per heavy atom. The maximum Gasteiger partial charge on any atom is 0.312 e. The molecule has 2 bridgehead atoms. The number of hydrogen-bond donors (Lipinski definition) is 1. The minimum Gasteiger partial charge on any atom is -0.465 e. The lowest BCUT2D eigenvalue weighted by molar-refractivity contribution is -0.263. The summed E-state index contributed by atoms with van der Waals surface area (Å²) in [5.41, 5.74) is -3.14. The molecule has 5 unspecified atom stereocenters. The van der Waals surface area contributed by atoms with Gasteiger partial charge in [-0.2, -0.15) is 0 Å². The molecule has 5 atom stereocenters. The van der Waals surface area contributed by atoms with E-state index >= 15 is 0 Å². The third-order valence-electron chi connectivity index (χ3n) is 4.97. The Bertz CT molecular complexity index is 542. The van der Waals surface area contributed by atoms with Gasteiger partial charge >= 0.3 is 11.9 Å². The number of aliphatic hydroxyl groups is 1. The molecule has 0 aromatic carbocycles. The highest BCUT2D eigenvalue weighted by Gasteiger charge is 2.67. The summed E-state index contributed by atoms with van der Waals surface area (Å²) in [7, 11) is 1.45. The molecule has 1 saturated carbocycles. The van der Waals surface area contributed by atoms with Crippen molar-refractivity contribution < 1.29 is 38.4 Å². The highest BCUT2D eigenvalue weighted by molar-refractivity contribution is 5.76. The molecule has 150 valence electrons. The van der Waals surface area contributed by atoms with Crippen molar-refractivity contribution in [3.63, 3.8) is 0 Å². The molecule has 3 aliphatic rings. The number of hydrogen-bond acceptors (Lipinski definition) is 8. The van der Waals surface area contributed by atoms with Crippen LogP contribution in [0.3, 0.4) is 0 Å². The molecule has 3 fully saturated rings. The van der Waals surface area contributed by atoms with E-state index in [1.54, 1.807) is 6.92 Å². The van der Waals surface area contributed by atoms with Crippen LogP contribution in [0, 0.1) is 11.3 Å². The molecule has 0 aromatic rings. The number of carbonyl (C=O) groups is 2. The topological polar surface area (TPSA) is 101 Å². The van der Waals surface area contributed by atoms with E-state index in [0.29, 0.717) is 0 Å². The first-order valence-electron chi connectivity index (χ1n) is 8.75. The molecule has 2 heterocycles. The molecule has 26 heavy (non-hydrogen) atoms. The quantitative estimate of drug-likeness (QED) is 0.418. The first-order chi connectivity index (χ1) is 11.9. The molecular weight excluding hydrogens is 344 g/mol. The van der Waals surface area contributed by atoms with Gasteiger partial charge in [0.2, 0.25) is 0 Å². The Morgan fingerprint density at radius 2 is 2.04 bits per heavy atom. The molecule has 3 rings (SSSR count). The molecule has 0 aromatic heterocycles. The number of esters is 2. The van der Waals surface area contributed by atoms with Gasteiger partial charge in [0.15, 0.2) is 0 Å². The van der Waals surface area contributed by atoms with Gasteiger partial charge in [-0.15, -0.1) is 0 Å². The van der Waals surface area contributed by atoms with Crippen molar-refractivity contribution in [2.75, 3.05) is 27.1 Å². The van der Waals surface area contributed by atoms with Gasteiger partial charge in [0.1, 0.15) is 25.1 Å². The smallest absolute Gasteiger partial charge is 0.312 e. The average molecular weight is 374 g/mol. The summed E-state index contributed by atoms with van der Waals surface area (Å²) in [6.45, 7) is 8.48.